The molecule has 0 spiro atoms. The van der Waals surface area contributed by atoms with Crippen LogP contribution in [0.15, 0.2) is 36.9 Å². The van der Waals surface area contributed by atoms with Gasteiger partial charge in [-0.15, -0.1) is 0 Å². The third-order valence-electron chi connectivity index (χ3n) is 17.9. The molecule has 64 heavy (non-hydrogen) atoms. The van der Waals surface area contributed by atoms with Gasteiger partial charge in [0.1, 0.15) is 0 Å². The lowest BCUT2D eigenvalue weighted by atomic mass is 9.80. The molecule has 0 amide bonds. The molecule has 4 aliphatic rings. The fourth-order valence-electron chi connectivity index (χ4n) is 17.1. The predicted octanol–water partition coefficient (Wildman–Crippen LogP) is 14.6. The zero-order valence-corrected chi connectivity index (χ0v) is 41.0. The summed E-state index contributed by atoms with van der Waals surface area (Å²) in [5, 5.41) is 13.7. The monoisotopic (exact) mass is 843 g/mol. The number of hydrogen-bond donors (Lipinski definition) is 0. The molecule has 0 saturated heterocycles. The summed E-state index contributed by atoms with van der Waals surface area (Å²) in [6.45, 7) is 38.9. The summed E-state index contributed by atoms with van der Waals surface area (Å²) >= 11 is 0. The lowest BCUT2D eigenvalue weighted by molar-refractivity contribution is 0.400. The lowest BCUT2D eigenvalue weighted by Crippen LogP contribution is -2.18. The first-order chi connectivity index (χ1) is 29.7. The van der Waals surface area contributed by atoms with Gasteiger partial charge >= 0.3 is 0 Å². The van der Waals surface area contributed by atoms with Gasteiger partial charge in [-0.1, -0.05) is 111 Å². The highest BCUT2D eigenvalue weighted by Gasteiger charge is 2.50. The van der Waals surface area contributed by atoms with E-state index in [1.165, 1.54) is 132 Å². The van der Waals surface area contributed by atoms with E-state index >= 15 is 0 Å². The van der Waals surface area contributed by atoms with Crippen LogP contribution in [-0.4, -0.2) is 28.7 Å². The van der Waals surface area contributed by atoms with Crippen molar-refractivity contribution in [2.24, 2.45) is 0 Å². The second kappa shape index (κ2) is 10.3. The molecule has 6 nitrogen and oxygen atoms in total. The molecular weight excluding hydrogens is 781 g/mol. The van der Waals surface area contributed by atoms with Crippen LogP contribution in [0, 0.1) is 0 Å². The van der Waals surface area contributed by atoms with Crippen molar-refractivity contribution in [3.8, 4) is 0 Å². The van der Waals surface area contributed by atoms with Crippen LogP contribution in [0.4, 0.5) is 0 Å². The first-order valence-electron chi connectivity index (χ1n) is 24.2. The Labute approximate surface area is 375 Å². The van der Waals surface area contributed by atoms with Crippen LogP contribution in [0.3, 0.4) is 0 Å². The number of hydrogen-bond acceptors (Lipinski definition) is 4. The minimum atomic E-state index is -0.0648. The van der Waals surface area contributed by atoms with Crippen molar-refractivity contribution in [2.75, 3.05) is 0 Å². The molecule has 10 aromatic rings. The summed E-state index contributed by atoms with van der Waals surface area (Å²) in [6.07, 6.45) is 13.2. The van der Waals surface area contributed by atoms with Crippen molar-refractivity contribution in [3.05, 3.63) is 81.9 Å². The van der Waals surface area contributed by atoms with Gasteiger partial charge in [0.25, 0.3) is 0 Å². The average Bonchev–Trinajstić information content (AvgIpc) is 4.00. The Hall–Kier alpha value is -5.10. The third-order valence-corrected chi connectivity index (χ3v) is 17.9. The van der Waals surface area contributed by atoms with Crippen molar-refractivity contribution in [2.45, 2.75) is 180 Å². The van der Waals surface area contributed by atoms with Crippen LogP contribution >= 0.6 is 0 Å². The number of aromatic nitrogens is 6. The summed E-state index contributed by atoms with van der Waals surface area (Å²) in [4.78, 5) is 21.8. The van der Waals surface area contributed by atoms with Crippen LogP contribution in [0.25, 0.3) is 87.0 Å². The van der Waals surface area contributed by atoms with E-state index in [2.05, 4.69) is 157 Å². The third kappa shape index (κ3) is 4.00. The average molecular weight is 843 g/mol. The van der Waals surface area contributed by atoms with E-state index in [-0.39, 0.29) is 43.3 Å². The molecule has 0 N–H and O–H groups in total. The summed E-state index contributed by atoms with van der Waals surface area (Å²) in [6, 6.07) is 5.29. The molecule has 0 atom stereocenters. The van der Waals surface area contributed by atoms with E-state index in [1.807, 2.05) is 0 Å². The SMILES string of the molecule is CC1(C)CC(C)(C)c2c1ncc1c2c2cc3c(cc4c5c6c(ncc5n5c7cnc8c(c7c3c45)C(C)(C)CC8(C)C)C(C)(C)CC6(C)C)c3c4c5c(ncc4n1c23)C(C)(C)CC5(C)C. The summed E-state index contributed by atoms with van der Waals surface area (Å²) < 4.78 is 5.19. The molecule has 0 saturated carbocycles. The first kappa shape index (κ1) is 38.2. The van der Waals surface area contributed by atoms with Crippen molar-refractivity contribution < 1.29 is 0 Å². The number of rotatable bonds is 0. The maximum Gasteiger partial charge on any atom is 0.0729 e. The highest BCUT2D eigenvalue weighted by molar-refractivity contribution is 6.40. The van der Waals surface area contributed by atoms with Crippen molar-refractivity contribution in [1.29, 1.82) is 0 Å². The highest BCUT2D eigenvalue weighted by Crippen LogP contribution is 2.61. The molecular formula is C58H62N6. The van der Waals surface area contributed by atoms with Crippen LogP contribution in [0.1, 0.15) is 181 Å². The van der Waals surface area contributed by atoms with Gasteiger partial charge in [-0.2, -0.15) is 0 Å². The Morgan fingerprint density at radius 3 is 0.844 bits per heavy atom. The summed E-state index contributed by atoms with van der Waals surface area (Å²) in [5.41, 5.74) is 17.9. The van der Waals surface area contributed by atoms with Gasteiger partial charge in [0.05, 0.1) is 80.7 Å². The smallest absolute Gasteiger partial charge is 0.0729 e. The maximum atomic E-state index is 5.47. The number of fused-ring (bicyclic) bond motifs is 23. The minimum absolute atomic E-state index is 0.0240. The van der Waals surface area contributed by atoms with Crippen LogP contribution in [0.5, 0.6) is 0 Å². The Balaban J connectivity index is 1.34. The zero-order valence-electron chi connectivity index (χ0n) is 41.0. The Bertz CT molecular complexity index is 3640. The van der Waals surface area contributed by atoms with Gasteiger partial charge in [-0.25, -0.2) is 0 Å². The molecule has 324 valence electrons. The van der Waals surface area contributed by atoms with Gasteiger partial charge in [-0.3, -0.25) is 19.9 Å². The van der Waals surface area contributed by atoms with Crippen molar-refractivity contribution in [1.82, 2.24) is 28.7 Å². The van der Waals surface area contributed by atoms with Crippen molar-refractivity contribution in [3.63, 3.8) is 0 Å². The molecule has 0 fully saturated rings. The van der Waals surface area contributed by atoms with Crippen LogP contribution in [-0.2, 0) is 43.3 Å². The summed E-state index contributed by atoms with van der Waals surface area (Å²) in [7, 11) is 0. The molecule has 2 aromatic carbocycles. The van der Waals surface area contributed by atoms with E-state index in [0.717, 1.165) is 25.7 Å². The van der Waals surface area contributed by atoms with Gasteiger partial charge < -0.3 is 8.80 Å². The van der Waals surface area contributed by atoms with Crippen LogP contribution in [0.2, 0.25) is 0 Å². The van der Waals surface area contributed by atoms with E-state index < -0.39 is 0 Å². The molecule has 0 bridgehead atoms. The molecule has 8 heterocycles. The second-order valence-electron chi connectivity index (χ2n) is 26.8. The molecule has 6 heteroatoms. The van der Waals surface area contributed by atoms with E-state index in [9.17, 15) is 0 Å². The first-order valence-corrected chi connectivity index (χ1v) is 24.2. The number of nitrogens with zero attached hydrogens (tertiary/aromatic N) is 6. The number of benzene rings is 2. The minimum Gasteiger partial charge on any atom is -0.305 e. The molecule has 0 radical (unpaired) electrons. The van der Waals surface area contributed by atoms with Gasteiger partial charge in [0.2, 0.25) is 0 Å². The Morgan fingerprint density at radius 2 is 0.562 bits per heavy atom. The normalized spacial score (nSPS) is 22.8. The van der Waals surface area contributed by atoms with Crippen molar-refractivity contribution >= 4 is 87.0 Å². The van der Waals surface area contributed by atoms with E-state index in [4.69, 9.17) is 19.9 Å². The largest absolute Gasteiger partial charge is 0.305 e. The topological polar surface area (TPSA) is 60.4 Å². The Kier molecular flexibility index (Phi) is 6.15. The van der Waals surface area contributed by atoms with E-state index in [1.54, 1.807) is 0 Å². The fraction of sp³-hybridized carbons (Fsp3) is 0.483. The second-order valence-corrected chi connectivity index (χ2v) is 26.8. The predicted molar refractivity (Wildman–Crippen MR) is 267 cm³/mol. The number of pyridine rings is 4. The standard InChI is InChI=1S/C58H62N6/c1-51(2)23-55(9,10)47-41(51)35-29-17-27-28(37-39-33(63(45(29)37)31(35)19-59-47)21-61-49-43(39)53(5,6)25-57(49,13)14)18-30-36-32(20-60-48-42(36)52(3,4)24-56(48,11)12)64-34-22-62-50-44(40(34)38(27)46(30)64)54(7,8)26-58(50,15)16/h17-22H,23-26H2,1-16H3. The summed E-state index contributed by atoms with van der Waals surface area (Å²) in [5.74, 6) is 0. The highest BCUT2D eigenvalue weighted by atomic mass is 15.0. The van der Waals surface area contributed by atoms with Gasteiger partial charge in [-0.05, 0) is 92.5 Å². The quantitative estimate of drug-likeness (QED) is 0.153. The Morgan fingerprint density at radius 1 is 0.312 bits per heavy atom. The molecule has 14 rings (SSSR count). The maximum absolute atomic E-state index is 5.47. The van der Waals surface area contributed by atoms with Gasteiger partial charge in [0, 0.05) is 64.7 Å². The van der Waals surface area contributed by atoms with Gasteiger partial charge in [0.15, 0.2) is 0 Å². The molecule has 4 aliphatic carbocycles. The lowest BCUT2D eigenvalue weighted by Gasteiger charge is -2.23. The van der Waals surface area contributed by atoms with E-state index in [0.29, 0.717) is 0 Å². The molecule has 8 aromatic heterocycles. The molecule has 0 unspecified atom stereocenters. The zero-order chi connectivity index (χ0) is 44.9. The fourth-order valence-corrected chi connectivity index (χ4v) is 17.1. The van der Waals surface area contributed by atoms with Crippen LogP contribution < -0.4 is 0 Å². The molecule has 0 aliphatic heterocycles.